The van der Waals surface area contributed by atoms with Crippen molar-refractivity contribution in [1.29, 1.82) is 0 Å². The summed E-state index contributed by atoms with van der Waals surface area (Å²) in [5.41, 5.74) is -3.52. The van der Waals surface area contributed by atoms with Gasteiger partial charge in [0.1, 0.15) is 11.5 Å². The van der Waals surface area contributed by atoms with Gasteiger partial charge in [0, 0.05) is 10.9 Å². The number of para-hydroxylation sites is 1. The minimum atomic E-state index is -0.935. The normalized spacial score (nSPS) is 20.2. The number of rotatable bonds is 2. The molecule has 198 valence electrons. The first-order chi connectivity index (χ1) is 31.3. The highest BCUT2D eigenvalue weighted by molar-refractivity contribution is 6.26. The fourth-order valence-corrected chi connectivity index (χ4v) is 5.64. The lowest BCUT2D eigenvalue weighted by Crippen LogP contribution is -1.97. The zero-order valence-electron chi connectivity index (χ0n) is 45.4. The summed E-state index contributed by atoms with van der Waals surface area (Å²) in [7, 11) is 0. The van der Waals surface area contributed by atoms with E-state index in [2.05, 4.69) is 0 Å². The summed E-state index contributed by atoms with van der Waals surface area (Å²) in [6.45, 7) is 0. The average Bonchev–Trinajstić information content (AvgIpc) is 3.29. The van der Waals surface area contributed by atoms with Crippen LogP contribution in [-0.4, -0.2) is 0 Å². The molecule has 0 saturated heterocycles. The predicted molar refractivity (Wildman–Crippen MR) is 182 cm³/mol. The second kappa shape index (κ2) is 8.44. The molecule has 1 aliphatic rings. The van der Waals surface area contributed by atoms with E-state index < -0.39 is 217 Å². The highest BCUT2D eigenvalue weighted by atomic mass is 16.5. The lowest BCUT2D eigenvalue weighted by Gasteiger charge is -2.22. The Morgan fingerprint density at radius 2 is 0.977 bits per heavy atom. The molecule has 0 fully saturated rings. The van der Waals surface area contributed by atoms with Crippen molar-refractivity contribution in [3.63, 3.8) is 0 Å². The maximum Gasteiger partial charge on any atom is 0.135 e. The number of ether oxygens (including phenoxy) is 1. The van der Waals surface area contributed by atoms with Crippen molar-refractivity contribution in [1.82, 2.24) is 0 Å². The van der Waals surface area contributed by atoms with E-state index in [-0.39, 0.29) is 26.9 Å². The molecule has 0 aromatic heterocycles. The number of benzene rings is 9. The molecule has 0 bridgehead atoms. The van der Waals surface area contributed by atoms with Gasteiger partial charge in [0.25, 0.3) is 0 Å². The number of hydrogen-bond donors (Lipinski definition) is 0. The molecule has 0 atom stereocenters. The van der Waals surface area contributed by atoms with E-state index >= 15 is 0 Å². The molecule has 1 nitrogen and oxygen atoms in total. The molecular formula is C42H24O. The van der Waals surface area contributed by atoms with Gasteiger partial charge in [0.2, 0.25) is 0 Å². The second-order valence-corrected chi connectivity index (χ2v) is 9.76. The van der Waals surface area contributed by atoms with Crippen LogP contribution in [0.4, 0.5) is 0 Å². The van der Waals surface area contributed by atoms with Crippen molar-refractivity contribution >= 4 is 53.9 Å². The molecule has 0 radical (unpaired) electrons. The van der Waals surface area contributed by atoms with Crippen LogP contribution in [0.1, 0.15) is 32.9 Å². The van der Waals surface area contributed by atoms with Gasteiger partial charge in [0.05, 0.1) is 32.9 Å². The Morgan fingerprint density at radius 3 is 1.91 bits per heavy atom. The topological polar surface area (TPSA) is 9.23 Å². The Bertz CT molecular complexity index is 3910. The molecule has 1 heteroatoms. The van der Waals surface area contributed by atoms with E-state index in [1.54, 1.807) is 0 Å². The zero-order chi connectivity index (χ0) is 49.0. The predicted octanol–water partition coefficient (Wildman–Crippen LogP) is 12.0. The summed E-state index contributed by atoms with van der Waals surface area (Å²) in [6.07, 6.45) is 0. The minimum Gasteiger partial charge on any atom is -0.456 e. The fourth-order valence-electron chi connectivity index (χ4n) is 5.64. The lowest BCUT2D eigenvalue weighted by molar-refractivity contribution is 0.487. The largest absolute Gasteiger partial charge is 0.456 e. The molecule has 0 amide bonds. The molecule has 0 aliphatic carbocycles. The van der Waals surface area contributed by atoms with E-state index in [1.807, 2.05) is 0 Å². The van der Waals surface area contributed by atoms with Gasteiger partial charge in [-0.25, -0.2) is 0 Å². The third-order valence-electron chi connectivity index (χ3n) is 7.51. The summed E-state index contributed by atoms with van der Waals surface area (Å²) in [5, 5.41) is -4.44. The molecule has 1 aliphatic heterocycles. The van der Waals surface area contributed by atoms with Crippen LogP contribution in [0.25, 0.3) is 87.2 Å². The molecular weight excluding hydrogens is 520 g/mol. The number of fused-ring (bicyclic) bond motifs is 3. The molecule has 43 heavy (non-hydrogen) atoms. The van der Waals surface area contributed by atoms with Crippen molar-refractivity contribution in [3.8, 4) is 44.9 Å². The smallest absolute Gasteiger partial charge is 0.135 e. The van der Waals surface area contributed by atoms with Crippen LogP contribution >= 0.6 is 0 Å². The van der Waals surface area contributed by atoms with Crippen LogP contribution in [-0.2, 0) is 0 Å². The second-order valence-electron chi connectivity index (χ2n) is 9.76. The van der Waals surface area contributed by atoms with E-state index in [0.717, 1.165) is 0 Å². The van der Waals surface area contributed by atoms with Crippen LogP contribution in [0.3, 0.4) is 0 Å². The summed E-state index contributed by atoms with van der Waals surface area (Å²) in [5.74, 6) is -1.11. The minimum absolute atomic E-state index is 0.254. The SMILES string of the molecule is [2H]c1c([2H])c([2H])c2c(c1[2H])Oc1c([2H])c([2H])c(-c3c([2H])c([2H])c4c([2H])c([2H])c([2H])c(-c5c([2H])c([2H])c6c([2H])c([2H])c7c([2H])c([2H])c([2H])c8c([2H])c([2H])c5c6c78)c4c3[2H])c3c([2H])c([2H])c([2H])c-2c13. The van der Waals surface area contributed by atoms with Gasteiger partial charge in [-0.15, -0.1) is 0 Å². The Kier molecular flexibility index (Phi) is 1.96. The van der Waals surface area contributed by atoms with Gasteiger partial charge >= 0.3 is 0 Å². The van der Waals surface area contributed by atoms with Crippen molar-refractivity contribution < 1.29 is 37.6 Å². The zero-order valence-corrected chi connectivity index (χ0v) is 21.4. The monoisotopic (exact) mass is 568 g/mol. The van der Waals surface area contributed by atoms with Gasteiger partial charge in [-0.2, -0.15) is 0 Å². The molecule has 0 unspecified atom stereocenters. The summed E-state index contributed by atoms with van der Waals surface area (Å²) in [4.78, 5) is 0. The van der Waals surface area contributed by atoms with Crippen LogP contribution in [0.5, 0.6) is 11.5 Å². The van der Waals surface area contributed by atoms with Gasteiger partial charge in [-0.1, -0.05) is 127 Å². The van der Waals surface area contributed by atoms with Gasteiger partial charge in [-0.3, -0.25) is 0 Å². The standard InChI is InChI=1S/C42H24O/c1-2-13-38-33(9-1)35-12-5-11-34-30(22-23-39(43-38)42(34)35)29-17-14-25-6-4-10-31(37(25)24-29)32-20-18-28-16-15-26-7-3-8-27-19-21-36(32)41(28)40(26)27/h1-24H/i1D,2D,3D,4D,5D,6D,7D,8D,9D,10D,11D,12D,13D,14D,15D,16D,17D,18D,19D,20D,21D,22D,23D,24D. The Hall–Kier alpha value is -5.66. The first-order valence-electron chi connectivity index (χ1n) is 24.9. The highest BCUT2D eigenvalue weighted by Crippen LogP contribution is 2.49. The van der Waals surface area contributed by atoms with E-state index in [4.69, 9.17) is 25.3 Å². The Labute approximate surface area is 282 Å². The fraction of sp³-hybridized carbons (Fsp3) is 0. The lowest BCUT2D eigenvalue weighted by atomic mass is 9.87. The molecule has 10 rings (SSSR count). The first kappa shape index (κ1) is 9.97. The van der Waals surface area contributed by atoms with Gasteiger partial charge < -0.3 is 4.74 Å². The first-order valence-corrected chi connectivity index (χ1v) is 12.9. The van der Waals surface area contributed by atoms with Gasteiger partial charge in [0.15, 0.2) is 0 Å². The molecule has 0 N–H and O–H groups in total. The maximum atomic E-state index is 9.88. The Balaban J connectivity index is 1.46. The molecule has 0 spiro atoms. The molecule has 9 aromatic rings. The van der Waals surface area contributed by atoms with E-state index in [0.29, 0.717) is 0 Å². The average molecular weight is 569 g/mol. The van der Waals surface area contributed by atoms with Crippen molar-refractivity contribution in [2.75, 3.05) is 0 Å². The maximum absolute atomic E-state index is 9.88. The quantitative estimate of drug-likeness (QED) is 0.188. The molecule has 9 aromatic carbocycles. The van der Waals surface area contributed by atoms with Crippen LogP contribution in [0, 0.1) is 0 Å². The third kappa shape index (κ3) is 3.17. The van der Waals surface area contributed by atoms with E-state index in [1.165, 1.54) is 0 Å². The summed E-state index contributed by atoms with van der Waals surface area (Å²) in [6, 6.07) is -19.3. The summed E-state index contributed by atoms with van der Waals surface area (Å²) < 4.78 is 222. The van der Waals surface area contributed by atoms with Crippen molar-refractivity contribution in [2.24, 2.45) is 0 Å². The van der Waals surface area contributed by atoms with Crippen LogP contribution in [0.2, 0.25) is 0 Å². The van der Waals surface area contributed by atoms with Crippen LogP contribution in [0.15, 0.2) is 145 Å². The van der Waals surface area contributed by atoms with Gasteiger partial charge in [-0.05, 0) is 94.4 Å². The molecule has 1 heterocycles. The van der Waals surface area contributed by atoms with Crippen LogP contribution < -0.4 is 4.74 Å². The highest BCUT2D eigenvalue weighted by Gasteiger charge is 2.21. The van der Waals surface area contributed by atoms with Crippen molar-refractivity contribution in [2.45, 2.75) is 0 Å². The summed E-state index contributed by atoms with van der Waals surface area (Å²) >= 11 is 0. The number of hydrogen-bond acceptors (Lipinski definition) is 1. The Morgan fingerprint density at radius 1 is 0.349 bits per heavy atom. The van der Waals surface area contributed by atoms with E-state index in [9.17, 15) is 12.3 Å². The third-order valence-corrected chi connectivity index (χ3v) is 7.51. The molecule has 0 saturated carbocycles. The van der Waals surface area contributed by atoms with Crippen molar-refractivity contribution in [3.05, 3.63) is 145 Å².